The molecule has 0 fully saturated rings. The Hall–Kier alpha value is -2.42. The summed E-state index contributed by atoms with van der Waals surface area (Å²) >= 11 is 0. The van der Waals surface area contributed by atoms with E-state index in [4.69, 9.17) is 4.42 Å². The van der Waals surface area contributed by atoms with Crippen LogP contribution < -0.4 is 0 Å². The first-order valence-corrected chi connectivity index (χ1v) is 7.14. The zero-order chi connectivity index (χ0) is 14.8. The molecule has 106 valence electrons. The summed E-state index contributed by atoms with van der Waals surface area (Å²) in [6.45, 7) is 6.21. The number of hydrogen-bond donors (Lipinski definition) is 0. The summed E-state index contributed by atoms with van der Waals surface area (Å²) in [5.41, 5.74) is 4.72. The minimum atomic E-state index is 0.533. The molecule has 3 aromatic rings. The second kappa shape index (κ2) is 5.52. The third kappa shape index (κ3) is 2.87. The minimum Gasteiger partial charge on any atom is -0.421 e. The number of rotatable bonds is 3. The second-order valence-corrected chi connectivity index (χ2v) is 5.48. The van der Waals surface area contributed by atoms with Gasteiger partial charge in [-0.25, -0.2) is 0 Å². The van der Waals surface area contributed by atoms with Crippen molar-refractivity contribution in [3.8, 4) is 22.6 Å². The van der Waals surface area contributed by atoms with Crippen molar-refractivity contribution in [2.75, 3.05) is 0 Å². The van der Waals surface area contributed by atoms with Gasteiger partial charge < -0.3 is 4.42 Å². The Morgan fingerprint density at radius 1 is 0.857 bits per heavy atom. The highest BCUT2D eigenvalue weighted by Gasteiger charge is 2.07. The molecule has 0 amide bonds. The van der Waals surface area contributed by atoms with Crippen LogP contribution in [-0.4, -0.2) is 10.2 Å². The Labute approximate surface area is 124 Å². The lowest BCUT2D eigenvalue weighted by Gasteiger charge is -2.08. The molecule has 1 heterocycles. The first kappa shape index (κ1) is 13.6. The van der Waals surface area contributed by atoms with Gasteiger partial charge in [0.05, 0.1) is 0 Å². The lowest BCUT2D eigenvalue weighted by molar-refractivity contribution is 0.533. The molecule has 0 unspecified atom stereocenters. The summed E-state index contributed by atoms with van der Waals surface area (Å²) in [5, 5.41) is 7.90. The molecular formula is C18H18N2O. The van der Waals surface area contributed by atoms with Gasteiger partial charge in [0.25, 0.3) is 0 Å². The molecule has 0 aliphatic heterocycles. The molecule has 0 radical (unpaired) electrons. The van der Waals surface area contributed by atoms with E-state index in [0.717, 1.165) is 5.56 Å². The fourth-order valence-corrected chi connectivity index (χ4v) is 2.30. The third-order valence-electron chi connectivity index (χ3n) is 3.54. The highest BCUT2D eigenvalue weighted by atomic mass is 16.4. The van der Waals surface area contributed by atoms with E-state index < -0.39 is 0 Å². The fourth-order valence-electron chi connectivity index (χ4n) is 2.30. The number of aryl methyl sites for hydroxylation is 1. The number of hydrogen-bond acceptors (Lipinski definition) is 3. The van der Waals surface area contributed by atoms with Crippen LogP contribution in [-0.2, 0) is 0 Å². The zero-order valence-electron chi connectivity index (χ0n) is 12.5. The number of benzene rings is 2. The van der Waals surface area contributed by atoms with Gasteiger partial charge in [-0.2, -0.15) is 0 Å². The fraction of sp³-hybridized carbons (Fsp3) is 0.222. The molecular weight excluding hydrogens is 260 g/mol. The summed E-state index contributed by atoms with van der Waals surface area (Å²) in [6.07, 6.45) is 0. The van der Waals surface area contributed by atoms with Crippen LogP contribution in [0.4, 0.5) is 0 Å². The first-order chi connectivity index (χ1) is 10.1. The van der Waals surface area contributed by atoms with Gasteiger partial charge in [0.1, 0.15) is 0 Å². The SMILES string of the molecule is Cc1nnc(-c2ccc(-c3cccc(C(C)C)c3)cc2)o1. The predicted octanol–water partition coefficient (Wildman–Crippen LogP) is 4.84. The average molecular weight is 278 g/mol. The average Bonchev–Trinajstić information content (AvgIpc) is 2.94. The maximum Gasteiger partial charge on any atom is 0.247 e. The van der Waals surface area contributed by atoms with Gasteiger partial charge in [0, 0.05) is 12.5 Å². The smallest absolute Gasteiger partial charge is 0.247 e. The van der Waals surface area contributed by atoms with Gasteiger partial charge in [0.15, 0.2) is 0 Å². The van der Waals surface area contributed by atoms with Crippen LogP contribution in [0.25, 0.3) is 22.6 Å². The van der Waals surface area contributed by atoms with Crippen molar-refractivity contribution < 1.29 is 4.42 Å². The molecule has 0 bridgehead atoms. The third-order valence-corrected chi connectivity index (χ3v) is 3.54. The van der Waals surface area contributed by atoms with Crippen LogP contribution in [0.15, 0.2) is 52.9 Å². The van der Waals surface area contributed by atoms with Gasteiger partial charge in [0.2, 0.25) is 11.8 Å². The van der Waals surface area contributed by atoms with Crippen molar-refractivity contribution in [3.05, 3.63) is 60.0 Å². The van der Waals surface area contributed by atoms with E-state index in [-0.39, 0.29) is 0 Å². The molecule has 0 saturated carbocycles. The van der Waals surface area contributed by atoms with Crippen molar-refractivity contribution in [3.63, 3.8) is 0 Å². The second-order valence-electron chi connectivity index (χ2n) is 5.48. The Bertz CT molecular complexity index is 742. The Kier molecular flexibility index (Phi) is 3.57. The Balaban J connectivity index is 1.92. The molecule has 2 aromatic carbocycles. The summed E-state index contributed by atoms with van der Waals surface area (Å²) in [6, 6.07) is 16.9. The summed E-state index contributed by atoms with van der Waals surface area (Å²) < 4.78 is 5.44. The van der Waals surface area contributed by atoms with Crippen molar-refractivity contribution >= 4 is 0 Å². The lowest BCUT2D eigenvalue weighted by atomic mass is 9.97. The molecule has 3 nitrogen and oxygen atoms in total. The van der Waals surface area contributed by atoms with Crippen molar-refractivity contribution in [1.82, 2.24) is 10.2 Å². The largest absolute Gasteiger partial charge is 0.421 e. The summed E-state index contributed by atoms with van der Waals surface area (Å²) in [4.78, 5) is 0. The monoisotopic (exact) mass is 278 g/mol. The van der Waals surface area contributed by atoms with Crippen LogP contribution in [0.5, 0.6) is 0 Å². The Morgan fingerprint density at radius 2 is 1.57 bits per heavy atom. The van der Waals surface area contributed by atoms with Crippen LogP contribution in [0.2, 0.25) is 0 Å². The van der Waals surface area contributed by atoms with Gasteiger partial charge in [-0.05, 0) is 34.7 Å². The lowest BCUT2D eigenvalue weighted by Crippen LogP contribution is -1.88. The van der Waals surface area contributed by atoms with E-state index in [0.29, 0.717) is 17.7 Å². The van der Waals surface area contributed by atoms with E-state index in [1.165, 1.54) is 16.7 Å². The number of aromatic nitrogens is 2. The van der Waals surface area contributed by atoms with Gasteiger partial charge in [-0.1, -0.05) is 50.2 Å². The van der Waals surface area contributed by atoms with Crippen molar-refractivity contribution in [1.29, 1.82) is 0 Å². The highest BCUT2D eigenvalue weighted by molar-refractivity contribution is 5.67. The van der Waals surface area contributed by atoms with E-state index in [9.17, 15) is 0 Å². The highest BCUT2D eigenvalue weighted by Crippen LogP contribution is 2.26. The standard InChI is InChI=1S/C18H18N2O/c1-12(2)16-5-4-6-17(11-16)14-7-9-15(10-8-14)18-20-19-13(3)21-18/h4-12H,1-3H3. The minimum absolute atomic E-state index is 0.533. The maximum absolute atomic E-state index is 5.44. The zero-order valence-corrected chi connectivity index (χ0v) is 12.5. The molecule has 0 saturated heterocycles. The molecule has 0 aliphatic rings. The topological polar surface area (TPSA) is 38.9 Å². The Morgan fingerprint density at radius 3 is 2.19 bits per heavy atom. The number of nitrogens with zero attached hydrogens (tertiary/aromatic N) is 2. The van der Waals surface area contributed by atoms with E-state index in [1.807, 2.05) is 12.1 Å². The molecule has 0 spiro atoms. The van der Waals surface area contributed by atoms with Crippen LogP contribution in [0.3, 0.4) is 0 Å². The summed E-state index contributed by atoms with van der Waals surface area (Å²) in [5.74, 6) is 1.68. The van der Waals surface area contributed by atoms with Crippen molar-refractivity contribution in [2.24, 2.45) is 0 Å². The molecule has 0 N–H and O–H groups in total. The molecule has 21 heavy (non-hydrogen) atoms. The predicted molar refractivity (Wildman–Crippen MR) is 84.0 cm³/mol. The van der Waals surface area contributed by atoms with Gasteiger partial charge in [-0.15, -0.1) is 10.2 Å². The first-order valence-electron chi connectivity index (χ1n) is 7.14. The molecule has 0 atom stereocenters. The van der Waals surface area contributed by atoms with Crippen LogP contribution >= 0.6 is 0 Å². The summed E-state index contributed by atoms with van der Waals surface area (Å²) in [7, 11) is 0. The van der Waals surface area contributed by atoms with Gasteiger partial charge in [-0.3, -0.25) is 0 Å². The van der Waals surface area contributed by atoms with Crippen molar-refractivity contribution in [2.45, 2.75) is 26.7 Å². The molecule has 0 aliphatic carbocycles. The normalized spacial score (nSPS) is 11.0. The van der Waals surface area contributed by atoms with E-state index >= 15 is 0 Å². The van der Waals surface area contributed by atoms with Crippen LogP contribution in [0.1, 0.15) is 31.2 Å². The molecule has 3 rings (SSSR count). The quantitative estimate of drug-likeness (QED) is 0.688. The maximum atomic E-state index is 5.44. The van der Waals surface area contributed by atoms with Gasteiger partial charge >= 0.3 is 0 Å². The molecule has 1 aromatic heterocycles. The molecule has 3 heteroatoms. The van der Waals surface area contributed by atoms with E-state index in [1.54, 1.807) is 6.92 Å². The van der Waals surface area contributed by atoms with E-state index in [2.05, 4.69) is 60.4 Å². The van der Waals surface area contributed by atoms with Crippen LogP contribution in [0, 0.1) is 6.92 Å².